The summed E-state index contributed by atoms with van der Waals surface area (Å²) in [5.41, 5.74) is 0.495. The minimum atomic E-state index is -0.852. The molecule has 1 aromatic carbocycles. The van der Waals surface area contributed by atoms with Crippen LogP contribution >= 0.6 is 0 Å². The number of nitrogens with zero attached hydrogens (tertiary/aromatic N) is 2. The number of oxazole rings is 1. The molecule has 4 atom stereocenters. The van der Waals surface area contributed by atoms with Crippen molar-refractivity contribution in [2.75, 3.05) is 14.1 Å². The maximum Gasteiger partial charge on any atom is 0.289 e. The van der Waals surface area contributed by atoms with E-state index in [1.54, 1.807) is 19.1 Å². The Labute approximate surface area is 150 Å². The summed E-state index contributed by atoms with van der Waals surface area (Å²) in [6, 6.07) is 5.03. The molecule has 140 valence electrons. The van der Waals surface area contributed by atoms with Crippen molar-refractivity contribution in [1.29, 1.82) is 0 Å². The van der Waals surface area contributed by atoms with E-state index in [1.165, 1.54) is 18.5 Å². The summed E-state index contributed by atoms with van der Waals surface area (Å²) < 4.78 is 24.3. The van der Waals surface area contributed by atoms with E-state index in [1.807, 2.05) is 19.0 Å². The van der Waals surface area contributed by atoms with Gasteiger partial charge in [0.05, 0.1) is 17.8 Å². The van der Waals surface area contributed by atoms with E-state index >= 15 is 0 Å². The molecule has 1 fully saturated rings. The molecule has 0 saturated heterocycles. The van der Waals surface area contributed by atoms with Crippen molar-refractivity contribution in [3.05, 3.63) is 47.9 Å². The van der Waals surface area contributed by atoms with Crippen LogP contribution < -0.4 is 10.1 Å². The van der Waals surface area contributed by atoms with Gasteiger partial charge in [0.2, 0.25) is 5.76 Å². The fraction of sp³-hybridized carbons (Fsp3) is 0.444. The van der Waals surface area contributed by atoms with Crippen molar-refractivity contribution >= 4 is 5.91 Å². The molecule has 1 saturated carbocycles. The number of carbonyl (C=O) groups is 1. The van der Waals surface area contributed by atoms with Crippen LogP contribution in [0.1, 0.15) is 22.7 Å². The van der Waals surface area contributed by atoms with Gasteiger partial charge in [0.15, 0.2) is 6.39 Å². The molecule has 0 radical (unpaired) electrons. The number of halogens is 1. The lowest BCUT2D eigenvalue weighted by atomic mass is 10.1. The van der Waals surface area contributed by atoms with E-state index in [2.05, 4.69) is 10.3 Å². The van der Waals surface area contributed by atoms with Gasteiger partial charge in [0.25, 0.3) is 5.91 Å². The maximum atomic E-state index is 13.4. The Kier molecular flexibility index (Phi) is 5.24. The number of aliphatic hydroxyl groups is 1. The second-order valence-electron chi connectivity index (χ2n) is 6.64. The first kappa shape index (κ1) is 18.3. The number of aliphatic hydroxyl groups excluding tert-OH is 1. The Bertz CT molecular complexity index is 779. The van der Waals surface area contributed by atoms with Gasteiger partial charge in [0, 0.05) is 12.5 Å². The second kappa shape index (κ2) is 7.43. The minimum Gasteiger partial charge on any atom is -0.487 e. The number of carbonyl (C=O) groups excluding carboxylic acids is 1. The van der Waals surface area contributed by atoms with Crippen LogP contribution in [0.25, 0.3) is 0 Å². The zero-order valence-electron chi connectivity index (χ0n) is 14.8. The van der Waals surface area contributed by atoms with Gasteiger partial charge in [-0.05, 0) is 33.2 Å². The molecule has 0 bridgehead atoms. The summed E-state index contributed by atoms with van der Waals surface area (Å²) >= 11 is 0. The summed E-state index contributed by atoms with van der Waals surface area (Å²) in [5.74, 6) is -0.323. The number of aryl methyl sites for hydroxylation is 1. The van der Waals surface area contributed by atoms with Crippen LogP contribution in [0.3, 0.4) is 0 Å². The highest BCUT2D eigenvalue weighted by atomic mass is 19.1. The third-order valence-corrected chi connectivity index (χ3v) is 4.58. The predicted octanol–water partition coefficient (Wildman–Crippen LogP) is 1.36. The fourth-order valence-electron chi connectivity index (χ4n) is 3.38. The lowest BCUT2D eigenvalue weighted by Gasteiger charge is -2.29. The first-order valence-electron chi connectivity index (χ1n) is 8.34. The number of amides is 1. The first-order valence-corrected chi connectivity index (χ1v) is 8.34. The fourth-order valence-corrected chi connectivity index (χ4v) is 3.38. The van der Waals surface area contributed by atoms with Crippen molar-refractivity contribution in [1.82, 2.24) is 15.2 Å². The summed E-state index contributed by atoms with van der Waals surface area (Å²) in [6.07, 6.45) is 0.159. The van der Waals surface area contributed by atoms with Gasteiger partial charge in [0.1, 0.15) is 23.8 Å². The molecule has 26 heavy (non-hydrogen) atoms. The normalized spacial score (nSPS) is 25.5. The van der Waals surface area contributed by atoms with E-state index in [0.717, 1.165) is 0 Å². The number of likely N-dealkylation sites (N-methyl/N-ethyl adjacent to an activating group) is 1. The predicted molar refractivity (Wildman–Crippen MR) is 91.4 cm³/mol. The minimum absolute atomic E-state index is 0.145. The van der Waals surface area contributed by atoms with Crippen LogP contribution in [0, 0.1) is 12.7 Å². The second-order valence-corrected chi connectivity index (χ2v) is 6.64. The lowest BCUT2D eigenvalue weighted by molar-refractivity contribution is 0.0208. The van der Waals surface area contributed by atoms with Crippen molar-refractivity contribution in [2.24, 2.45) is 0 Å². The van der Waals surface area contributed by atoms with E-state index in [4.69, 9.17) is 9.15 Å². The van der Waals surface area contributed by atoms with Crippen LogP contribution in [-0.2, 0) is 0 Å². The Hall–Kier alpha value is -2.45. The van der Waals surface area contributed by atoms with E-state index < -0.39 is 23.9 Å². The smallest absolute Gasteiger partial charge is 0.289 e. The number of hydrogen-bond acceptors (Lipinski definition) is 6. The molecule has 7 nitrogen and oxygen atoms in total. The monoisotopic (exact) mass is 363 g/mol. The summed E-state index contributed by atoms with van der Waals surface area (Å²) in [6.45, 7) is 1.68. The topological polar surface area (TPSA) is 87.8 Å². The van der Waals surface area contributed by atoms with Crippen molar-refractivity contribution < 1.29 is 23.4 Å². The number of rotatable bonds is 5. The number of hydrogen-bond donors (Lipinski definition) is 2. The quantitative estimate of drug-likeness (QED) is 0.834. The molecule has 8 heteroatoms. The summed E-state index contributed by atoms with van der Waals surface area (Å²) in [7, 11) is 3.63. The summed E-state index contributed by atoms with van der Waals surface area (Å²) in [5, 5.41) is 13.6. The number of nitrogens with one attached hydrogen (secondary N) is 1. The van der Waals surface area contributed by atoms with Gasteiger partial charge in [-0.15, -0.1) is 0 Å². The molecule has 0 unspecified atom stereocenters. The Morgan fingerprint density at radius 2 is 2.23 bits per heavy atom. The van der Waals surface area contributed by atoms with E-state index in [0.29, 0.717) is 17.9 Å². The first-order chi connectivity index (χ1) is 12.4. The lowest BCUT2D eigenvalue weighted by Crippen LogP contribution is -2.50. The molecule has 2 N–H and O–H groups in total. The molecule has 0 aliphatic heterocycles. The highest BCUT2D eigenvalue weighted by Crippen LogP contribution is 2.29. The maximum absolute atomic E-state index is 13.4. The van der Waals surface area contributed by atoms with Crippen LogP contribution in [0.4, 0.5) is 4.39 Å². The molecule has 1 aliphatic carbocycles. The standard InChI is InChI=1S/C18H22FN3O4/c1-10-17(25-9-20-10)18(24)21-13-8-14(16(23)15(13)22(2)3)26-12-6-4-5-11(19)7-12/h4-7,9,13-16,23H,8H2,1-3H3,(H,21,24)/t13-,14-,15+,16+/m1/s1. The van der Waals surface area contributed by atoms with Gasteiger partial charge < -0.3 is 24.5 Å². The largest absolute Gasteiger partial charge is 0.487 e. The zero-order chi connectivity index (χ0) is 18.8. The third-order valence-electron chi connectivity index (χ3n) is 4.58. The van der Waals surface area contributed by atoms with Crippen LogP contribution in [-0.4, -0.2) is 59.3 Å². The Balaban J connectivity index is 1.74. The SMILES string of the molecule is Cc1ncoc1C(=O)N[C@@H]1C[C@@H](Oc2cccc(F)c2)[C@H](O)[C@H]1N(C)C. The van der Waals surface area contributed by atoms with Gasteiger partial charge in [-0.25, -0.2) is 9.37 Å². The van der Waals surface area contributed by atoms with Crippen molar-refractivity contribution in [3.8, 4) is 5.75 Å². The van der Waals surface area contributed by atoms with Gasteiger partial charge in [-0.3, -0.25) is 4.79 Å². The zero-order valence-corrected chi connectivity index (χ0v) is 14.8. The molecular weight excluding hydrogens is 341 g/mol. The molecule has 3 rings (SSSR count). The van der Waals surface area contributed by atoms with Crippen LogP contribution in [0.2, 0.25) is 0 Å². The van der Waals surface area contributed by atoms with Crippen LogP contribution in [0.5, 0.6) is 5.75 Å². The molecule has 1 heterocycles. The molecular formula is C18H22FN3O4. The van der Waals surface area contributed by atoms with Crippen LogP contribution in [0.15, 0.2) is 35.1 Å². The number of aromatic nitrogens is 1. The average Bonchev–Trinajstić information content (AvgIpc) is 3.11. The average molecular weight is 363 g/mol. The molecule has 1 amide bonds. The highest BCUT2D eigenvalue weighted by Gasteiger charge is 2.46. The van der Waals surface area contributed by atoms with E-state index in [9.17, 15) is 14.3 Å². The molecule has 1 aromatic heterocycles. The number of ether oxygens (including phenoxy) is 1. The Morgan fingerprint density at radius 1 is 1.46 bits per heavy atom. The van der Waals surface area contributed by atoms with Gasteiger partial charge in [-0.2, -0.15) is 0 Å². The van der Waals surface area contributed by atoms with Crippen molar-refractivity contribution in [3.63, 3.8) is 0 Å². The molecule has 0 spiro atoms. The van der Waals surface area contributed by atoms with Gasteiger partial charge >= 0.3 is 0 Å². The van der Waals surface area contributed by atoms with Crippen molar-refractivity contribution in [2.45, 2.75) is 37.6 Å². The van der Waals surface area contributed by atoms with E-state index in [-0.39, 0.29) is 17.8 Å². The Morgan fingerprint density at radius 3 is 2.85 bits per heavy atom. The van der Waals surface area contributed by atoms with Gasteiger partial charge in [-0.1, -0.05) is 6.07 Å². The highest BCUT2D eigenvalue weighted by molar-refractivity contribution is 5.92. The molecule has 1 aliphatic rings. The number of benzene rings is 1. The molecule has 2 aromatic rings. The summed E-state index contributed by atoms with van der Waals surface area (Å²) in [4.78, 5) is 18.2. The third kappa shape index (κ3) is 3.71.